The summed E-state index contributed by atoms with van der Waals surface area (Å²) < 4.78 is 11.5. The van der Waals surface area contributed by atoms with Crippen molar-refractivity contribution in [2.45, 2.75) is 52.5 Å². The first kappa shape index (κ1) is 17.2. The Morgan fingerprint density at radius 2 is 2.08 bits per heavy atom. The third-order valence-corrected chi connectivity index (χ3v) is 4.53. The van der Waals surface area contributed by atoms with Crippen LogP contribution in [0.3, 0.4) is 0 Å². The average molecular weight is 332 g/mol. The number of morpholine rings is 1. The molecule has 1 saturated heterocycles. The van der Waals surface area contributed by atoms with Gasteiger partial charge in [0.05, 0.1) is 18.4 Å². The molecule has 0 radical (unpaired) electrons. The molecular weight excluding hydrogens is 304 g/mol. The van der Waals surface area contributed by atoms with Crippen molar-refractivity contribution in [3.63, 3.8) is 0 Å². The van der Waals surface area contributed by atoms with Crippen molar-refractivity contribution in [2.75, 3.05) is 19.6 Å². The van der Waals surface area contributed by atoms with Crippen molar-refractivity contribution in [1.29, 1.82) is 0 Å². The van der Waals surface area contributed by atoms with E-state index >= 15 is 0 Å². The van der Waals surface area contributed by atoms with Gasteiger partial charge in [-0.1, -0.05) is 0 Å². The molecule has 1 aliphatic rings. The normalized spacial score (nSPS) is 23.5. The van der Waals surface area contributed by atoms with Crippen LogP contribution in [0.4, 0.5) is 0 Å². The van der Waals surface area contributed by atoms with Crippen LogP contribution in [0.25, 0.3) is 11.5 Å². The van der Waals surface area contributed by atoms with Crippen LogP contribution >= 0.6 is 0 Å². The summed E-state index contributed by atoms with van der Waals surface area (Å²) in [5, 5.41) is 10.7. The predicted octanol–water partition coefficient (Wildman–Crippen LogP) is 2.57. The highest BCUT2D eigenvalue weighted by Crippen LogP contribution is 2.23. The van der Waals surface area contributed by atoms with E-state index in [-0.39, 0.29) is 0 Å². The number of rotatable bonds is 6. The number of hydrogen-bond donors (Lipinski definition) is 2. The van der Waals surface area contributed by atoms with E-state index < -0.39 is 0 Å². The molecule has 2 N–H and O–H groups in total. The fourth-order valence-corrected chi connectivity index (χ4v) is 3.35. The minimum absolute atomic E-state index is 0.305. The van der Waals surface area contributed by atoms with Crippen LogP contribution in [0.2, 0.25) is 0 Å². The Balaban J connectivity index is 1.53. The zero-order chi connectivity index (χ0) is 17.1. The summed E-state index contributed by atoms with van der Waals surface area (Å²) in [5.41, 5.74) is 2.08. The van der Waals surface area contributed by atoms with Crippen molar-refractivity contribution in [2.24, 2.45) is 0 Å². The molecule has 3 rings (SSSR count). The van der Waals surface area contributed by atoms with Gasteiger partial charge in [-0.2, -0.15) is 5.10 Å². The molecule has 1 fully saturated rings. The molecule has 2 aromatic heterocycles. The SMILES string of the molecule is Cc1ccc(-c2[nH]ncc2CNC[C@H](C)N2C[C@@H](C)O[C@H](C)C2)o1. The van der Waals surface area contributed by atoms with E-state index in [9.17, 15) is 0 Å². The maximum absolute atomic E-state index is 5.81. The van der Waals surface area contributed by atoms with Gasteiger partial charge in [0.25, 0.3) is 0 Å². The number of furan rings is 1. The molecule has 0 saturated carbocycles. The number of H-pyrrole nitrogens is 1. The van der Waals surface area contributed by atoms with Gasteiger partial charge in [-0.25, -0.2) is 0 Å². The Kier molecular flexibility index (Phi) is 5.38. The molecule has 6 nitrogen and oxygen atoms in total. The second-order valence-corrected chi connectivity index (χ2v) is 6.87. The summed E-state index contributed by atoms with van der Waals surface area (Å²) in [7, 11) is 0. The molecule has 6 heteroatoms. The summed E-state index contributed by atoms with van der Waals surface area (Å²) >= 11 is 0. The average Bonchev–Trinajstić information content (AvgIpc) is 3.14. The molecule has 0 spiro atoms. The molecular formula is C18H28N4O2. The number of ether oxygens (including phenoxy) is 1. The van der Waals surface area contributed by atoms with Crippen molar-refractivity contribution >= 4 is 0 Å². The first-order valence-corrected chi connectivity index (χ1v) is 8.72. The van der Waals surface area contributed by atoms with Gasteiger partial charge < -0.3 is 14.5 Å². The van der Waals surface area contributed by atoms with Crippen LogP contribution in [0.1, 0.15) is 32.1 Å². The van der Waals surface area contributed by atoms with Crippen LogP contribution in [-0.4, -0.2) is 53.0 Å². The Morgan fingerprint density at radius 1 is 1.33 bits per heavy atom. The minimum Gasteiger partial charge on any atom is -0.460 e. The quantitative estimate of drug-likeness (QED) is 0.851. The summed E-state index contributed by atoms with van der Waals surface area (Å²) in [6, 6.07) is 4.42. The number of nitrogens with zero attached hydrogens (tertiary/aromatic N) is 2. The Bertz CT molecular complexity index is 641. The van der Waals surface area contributed by atoms with E-state index in [4.69, 9.17) is 9.15 Å². The highest BCUT2D eigenvalue weighted by atomic mass is 16.5. The van der Waals surface area contributed by atoms with Gasteiger partial charge >= 0.3 is 0 Å². The zero-order valence-corrected chi connectivity index (χ0v) is 15.0. The van der Waals surface area contributed by atoms with Gasteiger partial charge in [0, 0.05) is 37.8 Å². The molecule has 0 bridgehead atoms. The molecule has 1 aliphatic heterocycles. The fraction of sp³-hybridized carbons (Fsp3) is 0.611. The third-order valence-electron chi connectivity index (χ3n) is 4.53. The number of hydrogen-bond acceptors (Lipinski definition) is 5. The summed E-state index contributed by atoms with van der Waals surface area (Å²) in [5.74, 6) is 1.74. The molecule has 0 amide bonds. The lowest BCUT2D eigenvalue weighted by Gasteiger charge is -2.39. The van der Waals surface area contributed by atoms with Crippen LogP contribution in [-0.2, 0) is 11.3 Å². The molecule has 3 heterocycles. The summed E-state index contributed by atoms with van der Waals surface area (Å²) in [6.45, 7) is 12.2. The molecule has 3 atom stereocenters. The standard InChI is InChI=1S/C18H28N4O2/c1-12(22-10-14(3)23-15(4)11-22)7-19-8-16-9-20-21-18(16)17-6-5-13(2)24-17/h5-6,9,12,14-15,19H,7-8,10-11H2,1-4H3,(H,20,21)/t12-,14+,15+/m0/s1. The van der Waals surface area contributed by atoms with E-state index in [0.29, 0.717) is 18.2 Å². The summed E-state index contributed by atoms with van der Waals surface area (Å²) in [4.78, 5) is 2.50. The molecule has 0 unspecified atom stereocenters. The Morgan fingerprint density at radius 3 is 2.75 bits per heavy atom. The summed E-state index contributed by atoms with van der Waals surface area (Å²) in [6.07, 6.45) is 2.47. The van der Waals surface area contributed by atoms with Crippen LogP contribution < -0.4 is 5.32 Å². The maximum Gasteiger partial charge on any atom is 0.152 e. The van der Waals surface area contributed by atoms with E-state index in [1.54, 1.807) is 0 Å². The van der Waals surface area contributed by atoms with Gasteiger partial charge in [0.2, 0.25) is 0 Å². The van der Waals surface area contributed by atoms with E-state index in [2.05, 4.69) is 41.2 Å². The first-order valence-electron chi connectivity index (χ1n) is 8.72. The van der Waals surface area contributed by atoms with Gasteiger partial charge in [0.15, 0.2) is 5.76 Å². The smallest absolute Gasteiger partial charge is 0.152 e. The van der Waals surface area contributed by atoms with E-state index in [1.807, 2.05) is 25.3 Å². The van der Waals surface area contributed by atoms with E-state index in [0.717, 1.165) is 49.0 Å². The number of aromatic nitrogens is 2. The number of aryl methyl sites for hydroxylation is 1. The topological polar surface area (TPSA) is 66.3 Å². The lowest BCUT2D eigenvalue weighted by atomic mass is 10.1. The van der Waals surface area contributed by atoms with Gasteiger partial charge in [-0.15, -0.1) is 0 Å². The molecule has 132 valence electrons. The largest absolute Gasteiger partial charge is 0.460 e. The fourth-order valence-electron chi connectivity index (χ4n) is 3.35. The van der Waals surface area contributed by atoms with Crippen LogP contribution in [0, 0.1) is 6.92 Å². The molecule has 2 aromatic rings. The van der Waals surface area contributed by atoms with Gasteiger partial charge in [-0.05, 0) is 39.8 Å². The monoisotopic (exact) mass is 332 g/mol. The van der Waals surface area contributed by atoms with Crippen molar-refractivity contribution in [1.82, 2.24) is 20.4 Å². The lowest BCUT2D eigenvalue weighted by Crippen LogP contribution is -2.51. The molecule has 24 heavy (non-hydrogen) atoms. The maximum atomic E-state index is 5.81. The Hall–Kier alpha value is -1.63. The number of aromatic amines is 1. The Labute approximate surface area is 143 Å². The lowest BCUT2D eigenvalue weighted by molar-refractivity contribution is -0.0781. The second-order valence-electron chi connectivity index (χ2n) is 6.87. The zero-order valence-electron chi connectivity index (χ0n) is 15.0. The molecule has 0 aliphatic carbocycles. The first-order chi connectivity index (χ1) is 11.5. The predicted molar refractivity (Wildman–Crippen MR) is 93.8 cm³/mol. The van der Waals surface area contributed by atoms with Gasteiger partial charge in [-0.3, -0.25) is 10.00 Å². The van der Waals surface area contributed by atoms with E-state index in [1.165, 1.54) is 0 Å². The van der Waals surface area contributed by atoms with Crippen LogP contribution in [0.5, 0.6) is 0 Å². The van der Waals surface area contributed by atoms with Crippen molar-refractivity contribution in [3.05, 3.63) is 29.7 Å². The third kappa shape index (κ3) is 4.06. The number of nitrogens with one attached hydrogen (secondary N) is 2. The van der Waals surface area contributed by atoms with Crippen molar-refractivity contribution < 1.29 is 9.15 Å². The van der Waals surface area contributed by atoms with Gasteiger partial charge in [0.1, 0.15) is 11.5 Å². The highest BCUT2D eigenvalue weighted by Gasteiger charge is 2.25. The minimum atomic E-state index is 0.305. The second kappa shape index (κ2) is 7.51. The van der Waals surface area contributed by atoms with Crippen LogP contribution in [0.15, 0.2) is 22.7 Å². The van der Waals surface area contributed by atoms with Crippen molar-refractivity contribution in [3.8, 4) is 11.5 Å². The highest BCUT2D eigenvalue weighted by molar-refractivity contribution is 5.56. The molecule has 0 aromatic carbocycles.